The van der Waals surface area contributed by atoms with Crippen LogP contribution in [-0.4, -0.2) is 50.0 Å². The van der Waals surface area contributed by atoms with Crippen molar-refractivity contribution in [3.05, 3.63) is 63.6 Å². The van der Waals surface area contributed by atoms with Crippen molar-refractivity contribution in [2.24, 2.45) is 0 Å². The van der Waals surface area contributed by atoms with Crippen LogP contribution in [0.25, 0.3) is 0 Å². The molecule has 2 aromatic rings. The largest absolute Gasteiger partial charge is 0.352 e. The first-order valence-corrected chi connectivity index (χ1v) is 15.1. The molecule has 0 unspecified atom stereocenters. The summed E-state index contributed by atoms with van der Waals surface area (Å²) in [6, 6.07) is 11.7. The number of nitrogens with zero attached hydrogens (tertiary/aromatic N) is 2. The molecule has 0 saturated heterocycles. The zero-order chi connectivity index (χ0) is 27.2. The molecule has 37 heavy (non-hydrogen) atoms. The van der Waals surface area contributed by atoms with Gasteiger partial charge in [0.25, 0.3) is 0 Å². The maximum Gasteiger partial charge on any atom is 0.242 e. The van der Waals surface area contributed by atoms with Crippen molar-refractivity contribution in [1.29, 1.82) is 0 Å². The molecule has 0 aliphatic heterocycles. The number of amides is 2. The van der Waals surface area contributed by atoms with E-state index >= 15 is 0 Å². The van der Waals surface area contributed by atoms with Crippen molar-refractivity contribution in [3.8, 4) is 0 Å². The summed E-state index contributed by atoms with van der Waals surface area (Å²) in [4.78, 5) is 28.0. The molecule has 1 atom stereocenters. The van der Waals surface area contributed by atoms with Crippen LogP contribution in [0.5, 0.6) is 0 Å². The van der Waals surface area contributed by atoms with Crippen molar-refractivity contribution in [3.63, 3.8) is 0 Å². The second-order valence-electron chi connectivity index (χ2n) is 9.65. The summed E-state index contributed by atoms with van der Waals surface area (Å²) in [6.45, 7) is 3.85. The van der Waals surface area contributed by atoms with Gasteiger partial charge in [0.05, 0.1) is 11.9 Å². The predicted octanol–water partition coefficient (Wildman–Crippen LogP) is 5.32. The zero-order valence-corrected chi connectivity index (χ0v) is 23.9. The number of hydrogen-bond donors (Lipinski definition) is 1. The number of rotatable bonds is 11. The molecule has 7 nitrogen and oxygen atoms in total. The molecule has 2 amide bonds. The summed E-state index contributed by atoms with van der Waals surface area (Å²) in [5.74, 6) is -0.457. The minimum atomic E-state index is -3.55. The highest BCUT2D eigenvalue weighted by Gasteiger charge is 2.29. The lowest BCUT2D eigenvalue weighted by molar-refractivity contribution is -0.140. The molecule has 1 N–H and O–H groups in total. The number of para-hydroxylation sites is 1. The van der Waals surface area contributed by atoms with E-state index in [1.54, 1.807) is 37.3 Å². The third-order valence-corrected chi connectivity index (χ3v) is 8.53. The Bertz CT molecular complexity index is 1220. The minimum Gasteiger partial charge on any atom is -0.352 e. The van der Waals surface area contributed by atoms with Crippen molar-refractivity contribution < 1.29 is 18.0 Å². The Balaban J connectivity index is 1.75. The van der Waals surface area contributed by atoms with E-state index in [0.29, 0.717) is 27.7 Å². The van der Waals surface area contributed by atoms with Crippen molar-refractivity contribution in [2.45, 2.75) is 71.0 Å². The van der Waals surface area contributed by atoms with E-state index in [9.17, 15) is 18.0 Å². The molecule has 1 fully saturated rings. The number of carbonyl (C=O) groups excluding carboxylic acids is 2. The van der Waals surface area contributed by atoms with Gasteiger partial charge in [-0.2, -0.15) is 0 Å². The van der Waals surface area contributed by atoms with E-state index in [-0.39, 0.29) is 37.4 Å². The lowest BCUT2D eigenvalue weighted by Gasteiger charge is -2.30. The van der Waals surface area contributed by atoms with Crippen molar-refractivity contribution >= 4 is 50.7 Å². The highest BCUT2D eigenvalue weighted by atomic mass is 35.5. The number of anilines is 1. The van der Waals surface area contributed by atoms with Crippen LogP contribution in [0.1, 0.15) is 56.6 Å². The Morgan fingerprint density at radius 3 is 2.41 bits per heavy atom. The van der Waals surface area contributed by atoms with Crippen LogP contribution in [0.2, 0.25) is 10.0 Å². The third-order valence-electron chi connectivity index (χ3n) is 6.76. The molecule has 3 rings (SSSR count). The SMILES string of the molecule is Cc1ccccc1N(CCCC(=O)N(Cc1ccc(Cl)cc1Cl)[C@H](C)C(=O)NC1CCCC1)S(C)(=O)=O. The van der Waals surface area contributed by atoms with Gasteiger partial charge < -0.3 is 10.2 Å². The molecule has 10 heteroatoms. The van der Waals surface area contributed by atoms with E-state index < -0.39 is 16.1 Å². The standard InChI is InChI=1S/C27H35Cl2N3O4S/c1-19-9-4-7-12-25(19)32(37(3,35)36)16-8-13-26(33)31(18-21-14-15-22(28)17-24(21)29)20(2)27(34)30-23-10-5-6-11-23/h4,7,9,12,14-15,17,20,23H,5-6,8,10-11,13,16,18H2,1-3H3,(H,30,34)/t20-/m1/s1. The van der Waals surface area contributed by atoms with Gasteiger partial charge in [-0.3, -0.25) is 13.9 Å². The van der Waals surface area contributed by atoms with E-state index in [2.05, 4.69) is 5.32 Å². The average Bonchev–Trinajstić information content (AvgIpc) is 3.34. The summed E-state index contributed by atoms with van der Waals surface area (Å²) in [5.41, 5.74) is 2.10. The molecule has 1 aliphatic rings. The van der Waals surface area contributed by atoms with Gasteiger partial charge in [-0.25, -0.2) is 8.42 Å². The van der Waals surface area contributed by atoms with Crippen LogP contribution >= 0.6 is 23.2 Å². The van der Waals surface area contributed by atoms with Gasteiger partial charge in [-0.05, 0) is 62.4 Å². The molecule has 1 aliphatic carbocycles. The fraction of sp³-hybridized carbons (Fsp3) is 0.481. The first-order valence-electron chi connectivity index (χ1n) is 12.5. The topological polar surface area (TPSA) is 86.8 Å². The highest BCUT2D eigenvalue weighted by molar-refractivity contribution is 7.92. The van der Waals surface area contributed by atoms with Crippen LogP contribution in [0.15, 0.2) is 42.5 Å². The molecule has 0 aromatic heterocycles. The Labute approximate surface area is 230 Å². The Morgan fingerprint density at radius 2 is 1.78 bits per heavy atom. The first-order chi connectivity index (χ1) is 17.5. The molecule has 0 radical (unpaired) electrons. The average molecular weight is 569 g/mol. The number of nitrogens with one attached hydrogen (secondary N) is 1. The Morgan fingerprint density at radius 1 is 1.11 bits per heavy atom. The first kappa shape index (κ1) is 29.3. The van der Waals surface area contributed by atoms with Gasteiger partial charge in [0.15, 0.2) is 0 Å². The lowest BCUT2D eigenvalue weighted by atomic mass is 10.1. The normalized spacial score (nSPS) is 14.8. The monoisotopic (exact) mass is 567 g/mol. The molecule has 2 aromatic carbocycles. The number of halogens is 2. The van der Waals surface area contributed by atoms with Crippen molar-refractivity contribution in [2.75, 3.05) is 17.1 Å². The fourth-order valence-electron chi connectivity index (χ4n) is 4.63. The Kier molecular flexibility index (Phi) is 10.3. The van der Waals surface area contributed by atoms with Gasteiger partial charge in [-0.15, -0.1) is 0 Å². The van der Waals surface area contributed by atoms with Crippen LogP contribution in [0, 0.1) is 6.92 Å². The molecular formula is C27H35Cl2N3O4S. The summed E-state index contributed by atoms with van der Waals surface area (Å²) >= 11 is 12.4. The summed E-state index contributed by atoms with van der Waals surface area (Å²) in [5, 5.41) is 3.97. The number of benzene rings is 2. The van der Waals surface area contributed by atoms with Crippen LogP contribution < -0.4 is 9.62 Å². The maximum atomic E-state index is 13.5. The molecule has 1 saturated carbocycles. The van der Waals surface area contributed by atoms with E-state index in [4.69, 9.17) is 23.2 Å². The second kappa shape index (κ2) is 13.0. The lowest BCUT2D eigenvalue weighted by Crippen LogP contribution is -2.49. The maximum absolute atomic E-state index is 13.5. The molecule has 0 heterocycles. The zero-order valence-electron chi connectivity index (χ0n) is 21.5. The summed E-state index contributed by atoms with van der Waals surface area (Å²) in [7, 11) is -3.55. The van der Waals surface area contributed by atoms with E-state index in [1.165, 1.54) is 9.21 Å². The van der Waals surface area contributed by atoms with E-state index in [1.807, 2.05) is 19.1 Å². The van der Waals surface area contributed by atoms with E-state index in [0.717, 1.165) is 37.5 Å². The van der Waals surface area contributed by atoms with Crippen molar-refractivity contribution in [1.82, 2.24) is 10.2 Å². The van der Waals surface area contributed by atoms with Gasteiger partial charge in [0, 0.05) is 35.6 Å². The molecule has 202 valence electrons. The number of carbonyl (C=O) groups is 2. The number of aryl methyl sites for hydroxylation is 1. The summed E-state index contributed by atoms with van der Waals surface area (Å²) < 4.78 is 26.4. The molecule has 0 bridgehead atoms. The quantitative estimate of drug-likeness (QED) is 0.398. The number of hydrogen-bond acceptors (Lipinski definition) is 4. The highest BCUT2D eigenvalue weighted by Crippen LogP contribution is 2.25. The van der Waals surface area contributed by atoms with Crippen LogP contribution in [-0.2, 0) is 26.2 Å². The van der Waals surface area contributed by atoms with Crippen LogP contribution in [0.3, 0.4) is 0 Å². The van der Waals surface area contributed by atoms with Gasteiger partial charge in [-0.1, -0.05) is 60.3 Å². The van der Waals surface area contributed by atoms with Gasteiger partial charge >= 0.3 is 0 Å². The number of sulfonamides is 1. The predicted molar refractivity (Wildman–Crippen MR) is 149 cm³/mol. The van der Waals surface area contributed by atoms with Crippen LogP contribution in [0.4, 0.5) is 5.69 Å². The summed E-state index contributed by atoms with van der Waals surface area (Å²) in [6.07, 6.45) is 5.57. The smallest absolute Gasteiger partial charge is 0.242 e. The van der Waals surface area contributed by atoms with Gasteiger partial charge in [0.2, 0.25) is 21.8 Å². The van der Waals surface area contributed by atoms with Gasteiger partial charge in [0.1, 0.15) is 6.04 Å². The fourth-order valence-corrected chi connectivity index (χ4v) is 6.12. The minimum absolute atomic E-state index is 0.0736. The molecular weight excluding hydrogens is 533 g/mol. The third kappa shape index (κ3) is 8.09. The second-order valence-corrected chi connectivity index (χ2v) is 12.4. The Hall–Kier alpha value is -2.29. The molecule has 0 spiro atoms.